The first-order valence-corrected chi connectivity index (χ1v) is 6.82. The third-order valence-corrected chi connectivity index (χ3v) is 3.53. The number of hydrogen-bond donors (Lipinski definition) is 2. The number of imidazole rings is 1. The van der Waals surface area contributed by atoms with Gasteiger partial charge in [-0.15, -0.1) is 0 Å². The molecule has 0 amide bonds. The van der Waals surface area contributed by atoms with Gasteiger partial charge in [-0.1, -0.05) is 11.8 Å². The van der Waals surface area contributed by atoms with E-state index in [0.717, 1.165) is 10.2 Å². The van der Waals surface area contributed by atoms with E-state index in [1.165, 1.54) is 23.5 Å². The Labute approximate surface area is 107 Å². The van der Waals surface area contributed by atoms with Gasteiger partial charge in [-0.3, -0.25) is 0 Å². The van der Waals surface area contributed by atoms with Crippen LogP contribution in [0.2, 0.25) is 0 Å². The van der Waals surface area contributed by atoms with Crippen LogP contribution in [0.15, 0.2) is 33.8 Å². The summed E-state index contributed by atoms with van der Waals surface area (Å²) in [5.74, 6) is 5.96. The maximum absolute atomic E-state index is 5.37. The van der Waals surface area contributed by atoms with Crippen LogP contribution < -0.4 is 11.3 Å². The van der Waals surface area contributed by atoms with Crippen molar-refractivity contribution in [2.75, 3.05) is 11.7 Å². The molecule has 2 heterocycles. The summed E-state index contributed by atoms with van der Waals surface area (Å²) in [6, 6.07) is 1.79. The summed E-state index contributed by atoms with van der Waals surface area (Å²) < 4.78 is 1.93. The Morgan fingerprint density at radius 3 is 2.82 bits per heavy atom. The van der Waals surface area contributed by atoms with Crippen molar-refractivity contribution in [1.82, 2.24) is 19.5 Å². The van der Waals surface area contributed by atoms with Crippen molar-refractivity contribution in [3.8, 4) is 0 Å². The van der Waals surface area contributed by atoms with Gasteiger partial charge in [0.05, 0.1) is 0 Å². The summed E-state index contributed by atoms with van der Waals surface area (Å²) in [5, 5.41) is 2.36. The highest BCUT2D eigenvalue weighted by Crippen LogP contribution is 2.26. The highest BCUT2D eigenvalue weighted by Gasteiger charge is 2.07. The van der Waals surface area contributed by atoms with Crippen LogP contribution >= 0.6 is 23.5 Å². The van der Waals surface area contributed by atoms with Crippen LogP contribution in [0.3, 0.4) is 0 Å². The first-order chi connectivity index (χ1) is 8.22. The van der Waals surface area contributed by atoms with E-state index in [-0.39, 0.29) is 0 Å². The predicted octanol–water partition coefficient (Wildman–Crippen LogP) is 1.37. The molecule has 2 aromatic rings. The molecule has 6 nitrogen and oxygen atoms in total. The van der Waals surface area contributed by atoms with E-state index in [0.29, 0.717) is 11.0 Å². The van der Waals surface area contributed by atoms with Crippen LogP contribution in [0.1, 0.15) is 0 Å². The van der Waals surface area contributed by atoms with Gasteiger partial charge in [-0.2, -0.15) is 0 Å². The lowest BCUT2D eigenvalue weighted by molar-refractivity contribution is 0.786. The number of anilines is 1. The number of aromatic nitrogens is 4. The molecule has 0 spiro atoms. The van der Waals surface area contributed by atoms with Crippen molar-refractivity contribution in [1.29, 1.82) is 0 Å². The van der Waals surface area contributed by atoms with Crippen molar-refractivity contribution >= 4 is 29.3 Å². The van der Waals surface area contributed by atoms with Crippen molar-refractivity contribution in [2.45, 2.75) is 15.3 Å². The van der Waals surface area contributed by atoms with Gasteiger partial charge in [0.25, 0.3) is 0 Å². The first kappa shape index (κ1) is 12.2. The fourth-order valence-corrected chi connectivity index (χ4v) is 2.41. The summed E-state index contributed by atoms with van der Waals surface area (Å²) in [4.78, 5) is 12.8. The van der Waals surface area contributed by atoms with Crippen molar-refractivity contribution in [3.05, 3.63) is 18.5 Å². The van der Waals surface area contributed by atoms with E-state index >= 15 is 0 Å². The Kier molecular flexibility index (Phi) is 3.87. The fraction of sp³-hybridized carbons (Fsp3) is 0.222. The molecule has 17 heavy (non-hydrogen) atoms. The van der Waals surface area contributed by atoms with E-state index in [9.17, 15) is 0 Å². The van der Waals surface area contributed by atoms with Crippen LogP contribution in [0.4, 0.5) is 5.82 Å². The molecule has 3 N–H and O–H groups in total. The molecule has 0 saturated heterocycles. The van der Waals surface area contributed by atoms with Crippen molar-refractivity contribution in [3.63, 3.8) is 0 Å². The largest absolute Gasteiger partial charge is 0.329 e. The summed E-state index contributed by atoms with van der Waals surface area (Å²) in [6.45, 7) is 0. The molecular weight excluding hydrogens is 256 g/mol. The van der Waals surface area contributed by atoms with Crippen LogP contribution in [-0.4, -0.2) is 25.8 Å². The standard InChI is InChI=1S/C9H12N6S2/c1-15-4-3-11-9(15)17-7-5-6(14-10)12-8(13-7)16-2/h3-5H,10H2,1-2H3,(H,12,13,14). The van der Waals surface area contributed by atoms with E-state index in [4.69, 9.17) is 5.84 Å². The van der Waals surface area contributed by atoms with E-state index in [1.54, 1.807) is 12.3 Å². The normalized spacial score (nSPS) is 10.5. The van der Waals surface area contributed by atoms with Gasteiger partial charge in [0.1, 0.15) is 10.8 Å². The second-order valence-corrected chi connectivity index (χ2v) is 4.91. The molecule has 0 aliphatic rings. The van der Waals surface area contributed by atoms with Gasteiger partial charge in [0.2, 0.25) is 0 Å². The van der Waals surface area contributed by atoms with Gasteiger partial charge in [0, 0.05) is 25.5 Å². The zero-order valence-corrected chi connectivity index (χ0v) is 11.0. The highest BCUT2D eigenvalue weighted by molar-refractivity contribution is 7.99. The molecule has 0 saturated carbocycles. The minimum Gasteiger partial charge on any atom is -0.329 e. The molecule has 0 unspecified atom stereocenters. The predicted molar refractivity (Wildman–Crippen MR) is 69.0 cm³/mol. The SMILES string of the molecule is CSc1nc(NN)cc(Sc2nccn2C)n1. The van der Waals surface area contributed by atoms with Gasteiger partial charge >= 0.3 is 0 Å². The average molecular weight is 268 g/mol. The molecule has 90 valence electrons. The Morgan fingerprint density at radius 1 is 1.41 bits per heavy atom. The second kappa shape index (κ2) is 5.39. The zero-order chi connectivity index (χ0) is 12.3. The van der Waals surface area contributed by atoms with Gasteiger partial charge in [0.15, 0.2) is 10.3 Å². The number of nitrogens with two attached hydrogens (primary N) is 1. The molecule has 0 atom stereocenters. The lowest BCUT2D eigenvalue weighted by atomic mass is 10.6. The van der Waals surface area contributed by atoms with Crippen LogP contribution in [0.5, 0.6) is 0 Å². The van der Waals surface area contributed by atoms with E-state index in [1.807, 2.05) is 24.1 Å². The quantitative estimate of drug-likeness (QED) is 0.285. The third kappa shape index (κ3) is 2.90. The summed E-state index contributed by atoms with van der Waals surface area (Å²) in [5.41, 5.74) is 2.53. The minimum atomic E-state index is 0.598. The third-order valence-electron chi connectivity index (χ3n) is 1.99. The van der Waals surface area contributed by atoms with Crippen molar-refractivity contribution in [2.24, 2.45) is 12.9 Å². The molecule has 8 heteroatoms. The minimum absolute atomic E-state index is 0.598. The number of aryl methyl sites for hydroxylation is 1. The highest BCUT2D eigenvalue weighted by atomic mass is 32.2. The van der Waals surface area contributed by atoms with E-state index < -0.39 is 0 Å². The van der Waals surface area contributed by atoms with Crippen LogP contribution in [0.25, 0.3) is 0 Å². The number of nitrogen functional groups attached to an aromatic ring is 1. The molecular formula is C9H12N6S2. The number of hydrazine groups is 1. The number of nitrogens with one attached hydrogen (secondary N) is 1. The van der Waals surface area contributed by atoms with Crippen LogP contribution in [0, 0.1) is 0 Å². The molecule has 0 radical (unpaired) electrons. The smallest absolute Gasteiger partial charge is 0.190 e. The maximum atomic E-state index is 5.37. The number of thioether (sulfide) groups is 1. The summed E-state index contributed by atoms with van der Waals surface area (Å²) in [7, 11) is 1.94. The Morgan fingerprint density at radius 2 is 2.24 bits per heavy atom. The molecule has 0 aromatic carbocycles. The lowest BCUT2D eigenvalue weighted by Gasteiger charge is -2.05. The number of rotatable bonds is 4. The molecule has 0 bridgehead atoms. The lowest BCUT2D eigenvalue weighted by Crippen LogP contribution is -2.09. The maximum Gasteiger partial charge on any atom is 0.190 e. The zero-order valence-electron chi connectivity index (χ0n) is 9.41. The Balaban J connectivity index is 2.29. The molecule has 2 rings (SSSR count). The first-order valence-electron chi connectivity index (χ1n) is 4.78. The summed E-state index contributed by atoms with van der Waals surface area (Å²) >= 11 is 2.94. The Bertz CT molecular complexity index is 490. The number of hydrogen-bond acceptors (Lipinski definition) is 7. The molecule has 2 aromatic heterocycles. The van der Waals surface area contributed by atoms with Gasteiger partial charge in [-0.25, -0.2) is 20.8 Å². The monoisotopic (exact) mass is 268 g/mol. The van der Waals surface area contributed by atoms with Gasteiger partial charge in [-0.05, 0) is 18.0 Å². The fourth-order valence-electron chi connectivity index (χ4n) is 1.17. The molecule has 0 aliphatic carbocycles. The van der Waals surface area contributed by atoms with Crippen molar-refractivity contribution < 1.29 is 0 Å². The van der Waals surface area contributed by atoms with Crippen LogP contribution in [-0.2, 0) is 7.05 Å². The molecule has 0 fully saturated rings. The van der Waals surface area contributed by atoms with Gasteiger partial charge < -0.3 is 9.99 Å². The average Bonchev–Trinajstić information content (AvgIpc) is 2.74. The topological polar surface area (TPSA) is 81.6 Å². The second-order valence-electron chi connectivity index (χ2n) is 3.15. The number of nitrogens with zero attached hydrogens (tertiary/aromatic N) is 4. The van der Waals surface area contributed by atoms with E-state index in [2.05, 4.69) is 20.4 Å². The Hall–Kier alpha value is -1.25. The summed E-state index contributed by atoms with van der Waals surface area (Å²) in [6.07, 6.45) is 5.56. The molecule has 0 aliphatic heterocycles.